The van der Waals surface area contributed by atoms with Crippen LogP contribution in [0.5, 0.6) is 0 Å². The van der Waals surface area contributed by atoms with Gasteiger partial charge in [0.25, 0.3) is 0 Å². The first-order valence-electron chi connectivity index (χ1n) is 2.74. The molecule has 0 saturated carbocycles. The summed E-state index contributed by atoms with van der Waals surface area (Å²) >= 11 is 0. The molecule has 0 unspecified atom stereocenters. The maximum atomic E-state index is 8.25. The van der Waals surface area contributed by atoms with E-state index in [2.05, 4.69) is 0 Å². The third-order valence-corrected chi connectivity index (χ3v) is 0. The van der Waals surface area contributed by atoms with Crippen LogP contribution in [-0.2, 0) is 16.5 Å². The van der Waals surface area contributed by atoms with Gasteiger partial charge >= 0.3 is 58.2 Å². The first-order valence-corrected chi connectivity index (χ1v) is 2.74. The van der Waals surface area contributed by atoms with Gasteiger partial charge in [-0.3, -0.25) is 0 Å². The van der Waals surface area contributed by atoms with Crippen molar-refractivity contribution in [3.63, 3.8) is 0 Å². The van der Waals surface area contributed by atoms with Crippen molar-refractivity contribution in [2.75, 3.05) is 0 Å². The van der Waals surface area contributed by atoms with Gasteiger partial charge in [-0.05, 0) is 0 Å². The van der Waals surface area contributed by atoms with Gasteiger partial charge in [-0.1, -0.05) is 0 Å². The van der Waals surface area contributed by atoms with E-state index in [4.69, 9.17) is 76.6 Å². The van der Waals surface area contributed by atoms with Crippen molar-refractivity contribution in [3.05, 3.63) is 76.6 Å². The summed E-state index contributed by atoms with van der Waals surface area (Å²) in [6.07, 6.45) is 0. The normalized spacial score (nSPS) is 5.45. The minimum absolute atomic E-state index is 0. The molecule has 0 aliphatic heterocycles. The van der Waals surface area contributed by atoms with Crippen LogP contribution >= 0.6 is 0 Å². The van der Waals surface area contributed by atoms with Gasteiger partial charge in [0, 0.05) is 0 Å². The van der Waals surface area contributed by atoms with Crippen LogP contribution in [-0.4, -0.2) is 25.4 Å². The second-order valence-corrected chi connectivity index (χ2v) is 1.12. The molecule has 0 aromatic heterocycles. The second-order valence-electron chi connectivity index (χ2n) is 1.12. The summed E-state index contributed by atoms with van der Waals surface area (Å²) in [5.74, 6) is 0. The van der Waals surface area contributed by atoms with Crippen LogP contribution < -0.4 is 0 Å². The average molecular weight is 509 g/mol. The summed E-state index contributed by atoms with van der Waals surface area (Å²) in [5, 5.41) is 73.8. The fourth-order valence-electron chi connectivity index (χ4n) is 0. The Bertz CT molecular complexity index is 213. The molecule has 0 amide bonds. The molecule has 22 heavy (non-hydrogen) atoms. The van der Waals surface area contributed by atoms with Crippen LogP contribution in [0.15, 0.2) is 0 Å². The fourth-order valence-corrected chi connectivity index (χ4v) is 0. The zero-order valence-corrected chi connectivity index (χ0v) is 13.3. The summed E-state index contributed by atoms with van der Waals surface area (Å²) in [7, 11) is 0. The molecular formula is CeN5NiO15. The van der Waals surface area contributed by atoms with Gasteiger partial charge in [-0.15, -0.1) is 0 Å². The molecule has 0 fully saturated rings. The molecule has 20 nitrogen and oxygen atoms in total. The Morgan fingerprint density at radius 1 is 0.364 bits per heavy atom. The smallest absolute Gasteiger partial charge is 0.356 e. The van der Waals surface area contributed by atoms with Crippen molar-refractivity contribution < 1.29 is 83.7 Å². The van der Waals surface area contributed by atoms with E-state index in [0.717, 1.165) is 0 Å². The molecule has 0 atom stereocenters. The maximum absolute atomic E-state index is 8.25. The van der Waals surface area contributed by atoms with Crippen LogP contribution in [0.4, 0.5) is 0 Å². The van der Waals surface area contributed by atoms with Crippen molar-refractivity contribution in [3.8, 4) is 0 Å². The molecule has 1 radical (unpaired) electrons. The van der Waals surface area contributed by atoms with Crippen molar-refractivity contribution in [1.29, 1.82) is 0 Å². The van der Waals surface area contributed by atoms with Crippen molar-refractivity contribution in [2.45, 2.75) is 0 Å². The van der Waals surface area contributed by atoms with Crippen LogP contribution in [0.2, 0.25) is 0 Å². The molecular weight excluding hydrogens is 509 g/mol. The molecule has 0 N–H and O–H groups in total. The Balaban J connectivity index is -0.0000000250. The van der Waals surface area contributed by atoms with Crippen LogP contribution in [0, 0.1) is 118 Å². The number of hydrogen-bond donors (Lipinski definition) is 0. The Kier molecular flexibility index (Phi) is 70.6. The van der Waals surface area contributed by atoms with Gasteiger partial charge in [0.2, 0.25) is 0 Å². The van der Waals surface area contributed by atoms with Gasteiger partial charge in [-0.2, -0.15) is 0 Å². The Morgan fingerprint density at radius 3 is 0.364 bits per heavy atom. The molecule has 22 heteroatoms. The van der Waals surface area contributed by atoms with Gasteiger partial charge < -0.3 is 76.6 Å². The first-order chi connectivity index (χ1) is 8.66. The van der Waals surface area contributed by atoms with Crippen molar-refractivity contribution in [2.24, 2.45) is 0 Å². The van der Waals surface area contributed by atoms with E-state index in [1.807, 2.05) is 0 Å². The molecule has 0 aliphatic rings. The predicted octanol–water partition coefficient (Wildman–Crippen LogP) is -1.20. The van der Waals surface area contributed by atoms with Gasteiger partial charge in [0.05, 0.1) is 25.4 Å². The molecule has 0 heterocycles. The Labute approximate surface area is 159 Å². The summed E-state index contributed by atoms with van der Waals surface area (Å²) in [6.45, 7) is 0. The number of rotatable bonds is 0. The van der Waals surface area contributed by atoms with E-state index >= 15 is 0 Å². The van der Waals surface area contributed by atoms with Crippen LogP contribution in [0.3, 0.4) is 0 Å². The van der Waals surface area contributed by atoms with Crippen molar-refractivity contribution >= 4 is 0 Å². The topological polar surface area (TPSA) is 331 Å². The Hall–Kier alpha value is -2.13. The minimum atomic E-state index is -1.75. The van der Waals surface area contributed by atoms with E-state index < -0.39 is 25.4 Å². The summed E-state index contributed by atoms with van der Waals surface area (Å²) < 4.78 is 0. The average Bonchev–Trinajstić information content (AvgIpc) is 1.94. The van der Waals surface area contributed by atoms with Crippen molar-refractivity contribution in [1.82, 2.24) is 0 Å². The van der Waals surface area contributed by atoms with E-state index in [1.54, 1.807) is 0 Å². The Morgan fingerprint density at radius 2 is 0.364 bits per heavy atom. The predicted molar refractivity (Wildman–Crippen MR) is 51.8 cm³/mol. The standard InChI is InChI=1S/Ce.5NO3.Ni/c;5*2-1(3)4;/q+3;5*-1;+2. The molecule has 0 rings (SSSR count). The zero-order chi connectivity index (χ0) is 17.9. The third kappa shape index (κ3) is 1120. The quantitative estimate of drug-likeness (QED) is 0.210. The molecule has 0 aromatic rings. The zero-order valence-electron chi connectivity index (χ0n) is 9.18. The SMILES string of the molecule is O=[N+]([O-])[O-].O=[N+]([O-])[O-].O=[N+]([O-])[O-].O=[N+]([O-])[O-].O=[N+]([O-])[O-].[Ce+3].[Ni+2]. The third-order valence-electron chi connectivity index (χ3n) is 0. The summed E-state index contributed by atoms with van der Waals surface area (Å²) in [4.78, 5) is 41.2. The number of hydrogen-bond acceptors (Lipinski definition) is 15. The molecule has 0 aliphatic carbocycles. The van der Waals surface area contributed by atoms with E-state index in [0.29, 0.717) is 0 Å². The van der Waals surface area contributed by atoms with E-state index in [1.165, 1.54) is 0 Å². The van der Waals surface area contributed by atoms with Gasteiger partial charge in [-0.25, -0.2) is 0 Å². The maximum Gasteiger partial charge on any atom is 3.00 e. The minimum Gasteiger partial charge on any atom is -0.356 e. The molecule has 0 spiro atoms. The first kappa shape index (κ1) is 42.7. The van der Waals surface area contributed by atoms with Crippen LogP contribution in [0.1, 0.15) is 0 Å². The fraction of sp³-hybridized carbons (Fsp3) is 0. The van der Waals surface area contributed by atoms with Gasteiger partial charge in [0.1, 0.15) is 0 Å². The molecule has 0 aromatic carbocycles. The molecule has 129 valence electrons. The van der Waals surface area contributed by atoms with Crippen LogP contribution in [0.25, 0.3) is 0 Å². The summed E-state index contributed by atoms with van der Waals surface area (Å²) in [6, 6.07) is 0. The number of nitrogens with zero attached hydrogens (tertiary/aromatic N) is 5. The molecule has 0 bridgehead atoms. The molecule has 0 saturated heterocycles. The van der Waals surface area contributed by atoms with Gasteiger partial charge in [0.15, 0.2) is 0 Å². The monoisotopic (exact) mass is 508 g/mol. The van der Waals surface area contributed by atoms with E-state index in [9.17, 15) is 0 Å². The second kappa shape index (κ2) is 36.4. The van der Waals surface area contributed by atoms with E-state index in [-0.39, 0.29) is 58.2 Å². The largest absolute Gasteiger partial charge is 3.00 e. The summed E-state index contributed by atoms with van der Waals surface area (Å²) in [5.41, 5.74) is 0.